The Bertz CT molecular complexity index is 650. The summed E-state index contributed by atoms with van der Waals surface area (Å²) < 4.78 is 0. The van der Waals surface area contributed by atoms with E-state index >= 15 is 0 Å². The standard InChI is InChI=1S/C20H26N2O/c1-3-8-17-16(14-21)12-13-19(18(17)9-4-2)22-20(23)15-10-6-5-7-11-15/h5-7,10-13H,3-4,8-9,14,21H2,1-2H3,(H,22,23). The van der Waals surface area contributed by atoms with Crippen molar-refractivity contribution in [3.8, 4) is 0 Å². The third kappa shape index (κ3) is 4.20. The Morgan fingerprint density at radius 3 is 2.22 bits per heavy atom. The maximum Gasteiger partial charge on any atom is 0.255 e. The quantitative estimate of drug-likeness (QED) is 0.801. The largest absolute Gasteiger partial charge is 0.326 e. The highest BCUT2D eigenvalue weighted by Gasteiger charge is 2.14. The minimum atomic E-state index is -0.0640. The van der Waals surface area contributed by atoms with Crippen molar-refractivity contribution < 1.29 is 4.79 Å². The number of hydrogen-bond donors (Lipinski definition) is 2. The Morgan fingerprint density at radius 2 is 1.61 bits per heavy atom. The van der Waals surface area contributed by atoms with Gasteiger partial charge < -0.3 is 11.1 Å². The van der Waals surface area contributed by atoms with Gasteiger partial charge in [-0.15, -0.1) is 0 Å². The molecular weight excluding hydrogens is 284 g/mol. The van der Waals surface area contributed by atoms with Crippen LogP contribution in [-0.2, 0) is 19.4 Å². The van der Waals surface area contributed by atoms with Gasteiger partial charge in [-0.2, -0.15) is 0 Å². The van der Waals surface area contributed by atoms with Gasteiger partial charge in [0.15, 0.2) is 0 Å². The van der Waals surface area contributed by atoms with Crippen LogP contribution < -0.4 is 11.1 Å². The number of nitrogens with two attached hydrogens (primary N) is 1. The van der Waals surface area contributed by atoms with Gasteiger partial charge in [0.2, 0.25) is 0 Å². The van der Waals surface area contributed by atoms with Gasteiger partial charge in [0, 0.05) is 17.8 Å². The Morgan fingerprint density at radius 1 is 0.957 bits per heavy atom. The van der Waals surface area contributed by atoms with Gasteiger partial charge in [-0.1, -0.05) is 51.0 Å². The summed E-state index contributed by atoms with van der Waals surface area (Å²) in [6.45, 7) is 4.87. The zero-order valence-corrected chi connectivity index (χ0v) is 14.1. The molecule has 23 heavy (non-hydrogen) atoms. The van der Waals surface area contributed by atoms with E-state index in [0.29, 0.717) is 12.1 Å². The predicted molar refractivity (Wildman–Crippen MR) is 96.7 cm³/mol. The lowest BCUT2D eigenvalue weighted by Gasteiger charge is -2.18. The Hall–Kier alpha value is -2.13. The molecule has 2 rings (SSSR count). The van der Waals surface area contributed by atoms with Gasteiger partial charge in [0.1, 0.15) is 0 Å². The molecule has 0 bridgehead atoms. The van der Waals surface area contributed by atoms with E-state index in [1.54, 1.807) is 0 Å². The van der Waals surface area contributed by atoms with Gasteiger partial charge in [-0.05, 0) is 47.7 Å². The van der Waals surface area contributed by atoms with Crippen LogP contribution in [0, 0.1) is 0 Å². The van der Waals surface area contributed by atoms with Crippen LogP contribution in [0.15, 0.2) is 42.5 Å². The van der Waals surface area contributed by atoms with Crippen LogP contribution >= 0.6 is 0 Å². The molecule has 1 amide bonds. The second-order valence-corrected chi connectivity index (χ2v) is 5.75. The molecule has 0 aliphatic carbocycles. The van der Waals surface area contributed by atoms with Crippen molar-refractivity contribution in [1.29, 1.82) is 0 Å². The number of hydrogen-bond acceptors (Lipinski definition) is 2. The molecule has 0 radical (unpaired) electrons. The first kappa shape index (κ1) is 17.2. The van der Waals surface area contributed by atoms with Crippen molar-refractivity contribution in [3.05, 3.63) is 64.7 Å². The molecule has 0 saturated heterocycles. The maximum absolute atomic E-state index is 12.5. The summed E-state index contributed by atoms with van der Waals surface area (Å²) >= 11 is 0. The van der Waals surface area contributed by atoms with Gasteiger partial charge in [0.05, 0.1) is 0 Å². The molecule has 0 aliphatic rings. The number of carbonyl (C=O) groups excluding carboxylic acids is 1. The highest BCUT2D eigenvalue weighted by atomic mass is 16.1. The summed E-state index contributed by atoms with van der Waals surface area (Å²) in [5.74, 6) is -0.0640. The molecule has 2 aromatic rings. The first-order valence-electron chi connectivity index (χ1n) is 8.41. The van der Waals surface area contributed by atoms with E-state index in [2.05, 4.69) is 19.2 Å². The topological polar surface area (TPSA) is 55.1 Å². The Balaban J connectivity index is 2.37. The molecule has 0 spiro atoms. The van der Waals surface area contributed by atoms with E-state index in [9.17, 15) is 4.79 Å². The van der Waals surface area contributed by atoms with Crippen LogP contribution in [0.4, 0.5) is 5.69 Å². The van der Waals surface area contributed by atoms with E-state index in [1.807, 2.05) is 42.5 Å². The monoisotopic (exact) mass is 310 g/mol. The molecule has 0 aliphatic heterocycles. The summed E-state index contributed by atoms with van der Waals surface area (Å²) in [5.41, 5.74) is 11.2. The third-order valence-corrected chi connectivity index (χ3v) is 4.03. The van der Waals surface area contributed by atoms with E-state index in [-0.39, 0.29) is 5.91 Å². The van der Waals surface area contributed by atoms with E-state index in [4.69, 9.17) is 5.73 Å². The fourth-order valence-electron chi connectivity index (χ4n) is 2.93. The number of carbonyl (C=O) groups is 1. The Labute approximate surface area is 138 Å². The SMILES string of the molecule is CCCc1c(CN)ccc(NC(=O)c2ccccc2)c1CCC. The molecule has 0 fully saturated rings. The predicted octanol–water partition coefficient (Wildman–Crippen LogP) is 4.30. The molecule has 122 valence electrons. The molecule has 2 aromatic carbocycles. The van der Waals surface area contributed by atoms with E-state index in [1.165, 1.54) is 16.7 Å². The summed E-state index contributed by atoms with van der Waals surface area (Å²) in [6.07, 6.45) is 4.06. The second-order valence-electron chi connectivity index (χ2n) is 5.75. The smallest absolute Gasteiger partial charge is 0.255 e. The van der Waals surface area contributed by atoms with E-state index < -0.39 is 0 Å². The fraction of sp³-hybridized carbons (Fsp3) is 0.350. The summed E-state index contributed by atoms with van der Waals surface area (Å²) in [5, 5.41) is 3.08. The molecule has 0 atom stereocenters. The van der Waals surface area contributed by atoms with E-state index in [0.717, 1.165) is 31.4 Å². The van der Waals surface area contributed by atoms with Crippen molar-refractivity contribution >= 4 is 11.6 Å². The molecule has 3 heteroatoms. The molecule has 0 unspecified atom stereocenters. The highest BCUT2D eigenvalue weighted by Crippen LogP contribution is 2.27. The van der Waals surface area contributed by atoms with Crippen LogP contribution in [0.1, 0.15) is 53.7 Å². The van der Waals surface area contributed by atoms with Crippen LogP contribution in [-0.4, -0.2) is 5.91 Å². The molecule has 0 heterocycles. The third-order valence-electron chi connectivity index (χ3n) is 4.03. The van der Waals surface area contributed by atoms with Crippen molar-refractivity contribution in [2.75, 3.05) is 5.32 Å². The lowest BCUT2D eigenvalue weighted by molar-refractivity contribution is 0.102. The van der Waals surface area contributed by atoms with Crippen LogP contribution in [0.3, 0.4) is 0 Å². The fourth-order valence-corrected chi connectivity index (χ4v) is 2.93. The average molecular weight is 310 g/mol. The number of rotatable bonds is 7. The normalized spacial score (nSPS) is 10.6. The summed E-state index contributed by atoms with van der Waals surface area (Å²) in [7, 11) is 0. The summed E-state index contributed by atoms with van der Waals surface area (Å²) in [4.78, 5) is 12.5. The zero-order chi connectivity index (χ0) is 16.7. The number of amides is 1. The van der Waals surface area contributed by atoms with Crippen molar-refractivity contribution in [3.63, 3.8) is 0 Å². The van der Waals surface area contributed by atoms with Crippen molar-refractivity contribution in [2.24, 2.45) is 5.73 Å². The number of anilines is 1. The van der Waals surface area contributed by atoms with Crippen LogP contribution in [0.25, 0.3) is 0 Å². The first-order valence-corrected chi connectivity index (χ1v) is 8.41. The number of benzene rings is 2. The molecule has 0 aromatic heterocycles. The molecule has 3 N–H and O–H groups in total. The van der Waals surface area contributed by atoms with Gasteiger partial charge >= 0.3 is 0 Å². The number of nitrogens with one attached hydrogen (secondary N) is 1. The lowest BCUT2D eigenvalue weighted by Crippen LogP contribution is -2.15. The van der Waals surface area contributed by atoms with Crippen molar-refractivity contribution in [2.45, 2.75) is 46.1 Å². The van der Waals surface area contributed by atoms with Gasteiger partial charge in [-0.25, -0.2) is 0 Å². The van der Waals surface area contributed by atoms with Crippen molar-refractivity contribution in [1.82, 2.24) is 0 Å². The first-order chi connectivity index (χ1) is 11.2. The average Bonchev–Trinajstić information content (AvgIpc) is 2.58. The molecular formula is C20H26N2O. The van der Waals surface area contributed by atoms with Gasteiger partial charge in [0.25, 0.3) is 5.91 Å². The molecule has 3 nitrogen and oxygen atoms in total. The molecule has 0 saturated carbocycles. The minimum absolute atomic E-state index is 0.0640. The minimum Gasteiger partial charge on any atom is -0.326 e. The maximum atomic E-state index is 12.5. The summed E-state index contributed by atoms with van der Waals surface area (Å²) in [6, 6.07) is 13.4. The zero-order valence-electron chi connectivity index (χ0n) is 14.1. The van der Waals surface area contributed by atoms with Crippen LogP contribution in [0.5, 0.6) is 0 Å². The lowest BCUT2D eigenvalue weighted by atomic mass is 9.92. The van der Waals surface area contributed by atoms with Crippen LogP contribution in [0.2, 0.25) is 0 Å². The van der Waals surface area contributed by atoms with Gasteiger partial charge in [-0.3, -0.25) is 4.79 Å². The highest BCUT2D eigenvalue weighted by molar-refractivity contribution is 6.04. The Kier molecular flexibility index (Phi) is 6.36. The second kappa shape index (κ2) is 8.49.